The Morgan fingerprint density at radius 3 is 2.50 bits per heavy atom. The molecular weight excluding hydrogens is 254 g/mol. The monoisotopic (exact) mass is 281 g/mol. The van der Waals surface area contributed by atoms with Gasteiger partial charge in [0.25, 0.3) is 0 Å². The predicted octanol–water partition coefficient (Wildman–Crippen LogP) is 3.06. The molecule has 1 amide bonds. The molecule has 2 rings (SSSR count). The van der Waals surface area contributed by atoms with Crippen molar-refractivity contribution in [2.45, 2.75) is 64.7 Å². The Balaban J connectivity index is 1.93. The molecule has 4 nitrogen and oxygen atoms in total. The number of hydrogen-bond acceptors (Lipinski definition) is 2. The van der Waals surface area contributed by atoms with Gasteiger partial charge in [0.05, 0.1) is 5.41 Å². The van der Waals surface area contributed by atoms with Crippen LogP contribution >= 0.6 is 0 Å². The lowest BCUT2D eigenvalue weighted by Crippen LogP contribution is -2.50. The van der Waals surface area contributed by atoms with Gasteiger partial charge in [-0.25, -0.2) is 0 Å². The first kappa shape index (κ1) is 15.3. The number of aliphatic carboxylic acids is 1. The Kier molecular flexibility index (Phi) is 5.06. The van der Waals surface area contributed by atoms with Gasteiger partial charge in [0, 0.05) is 19.5 Å². The minimum atomic E-state index is -0.741. The van der Waals surface area contributed by atoms with Crippen molar-refractivity contribution in [2.24, 2.45) is 11.3 Å². The van der Waals surface area contributed by atoms with Gasteiger partial charge in [-0.05, 0) is 38.0 Å². The summed E-state index contributed by atoms with van der Waals surface area (Å²) in [5, 5.41) is 9.47. The zero-order valence-corrected chi connectivity index (χ0v) is 12.6. The average Bonchev–Trinajstić information content (AvgIpc) is 2.48. The zero-order chi connectivity index (χ0) is 14.6. The number of hydrogen-bond donors (Lipinski definition) is 1. The number of carbonyl (C=O) groups excluding carboxylic acids is 1. The third-order valence-electron chi connectivity index (χ3n) is 5.25. The van der Waals surface area contributed by atoms with E-state index in [1.807, 2.05) is 11.8 Å². The fourth-order valence-electron chi connectivity index (χ4n) is 3.73. The van der Waals surface area contributed by atoms with Crippen LogP contribution in [0.1, 0.15) is 64.7 Å². The van der Waals surface area contributed by atoms with Crippen LogP contribution in [-0.4, -0.2) is 35.0 Å². The molecule has 114 valence electrons. The maximum absolute atomic E-state index is 12.4. The third-order valence-corrected chi connectivity index (χ3v) is 5.25. The van der Waals surface area contributed by atoms with Crippen LogP contribution in [0.5, 0.6) is 0 Å². The lowest BCUT2D eigenvalue weighted by Gasteiger charge is -2.40. The first-order valence-electron chi connectivity index (χ1n) is 8.08. The molecule has 0 aromatic rings. The average molecular weight is 281 g/mol. The highest BCUT2D eigenvalue weighted by Crippen LogP contribution is 2.35. The Morgan fingerprint density at radius 1 is 1.20 bits per heavy atom. The van der Waals surface area contributed by atoms with Gasteiger partial charge in [-0.3, -0.25) is 9.59 Å². The molecule has 4 heteroatoms. The van der Waals surface area contributed by atoms with Gasteiger partial charge in [0.2, 0.25) is 5.91 Å². The highest BCUT2D eigenvalue weighted by Gasteiger charge is 2.42. The van der Waals surface area contributed by atoms with Crippen molar-refractivity contribution in [3.63, 3.8) is 0 Å². The summed E-state index contributed by atoms with van der Waals surface area (Å²) in [6.07, 6.45) is 8.86. The standard InChI is InChI=1S/C16H27NO3/c1-2-16(15(19)20)9-6-10-17(12-16)14(18)11-13-7-4-3-5-8-13/h13H,2-12H2,1H3,(H,19,20). The second-order valence-corrected chi connectivity index (χ2v) is 6.57. The molecule has 1 N–H and O–H groups in total. The largest absolute Gasteiger partial charge is 0.481 e. The summed E-state index contributed by atoms with van der Waals surface area (Å²) >= 11 is 0. The van der Waals surface area contributed by atoms with Crippen molar-refractivity contribution in [3.05, 3.63) is 0 Å². The first-order valence-corrected chi connectivity index (χ1v) is 8.08. The normalized spacial score (nSPS) is 28.4. The van der Waals surface area contributed by atoms with Gasteiger partial charge in [-0.2, -0.15) is 0 Å². The fraction of sp³-hybridized carbons (Fsp3) is 0.875. The van der Waals surface area contributed by atoms with E-state index in [0.29, 0.717) is 31.7 Å². The summed E-state index contributed by atoms with van der Waals surface area (Å²) in [5.41, 5.74) is -0.708. The van der Waals surface area contributed by atoms with E-state index in [1.165, 1.54) is 19.3 Å². The molecule has 0 spiro atoms. The molecule has 1 heterocycles. The molecule has 0 aromatic carbocycles. The summed E-state index contributed by atoms with van der Waals surface area (Å²) in [6.45, 7) is 3.06. The molecule has 1 saturated heterocycles. The van der Waals surface area contributed by atoms with Crippen molar-refractivity contribution in [3.8, 4) is 0 Å². The number of piperidine rings is 1. The Hall–Kier alpha value is -1.06. The van der Waals surface area contributed by atoms with Crippen molar-refractivity contribution in [1.82, 2.24) is 4.90 Å². The van der Waals surface area contributed by atoms with Gasteiger partial charge in [0.15, 0.2) is 0 Å². The Labute approximate surface area is 121 Å². The molecule has 0 radical (unpaired) electrons. The molecule has 1 unspecified atom stereocenters. The molecule has 2 fully saturated rings. The Bertz CT molecular complexity index is 363. The van der Waals surface area contributed by atoms with Crippen molar-refractivity contribution in [2.75, 3.05) is 13.1 Å². The predicted molar refractivity (Wildman–Crippen MR) is 77.4 cm³/mol. The van der Waals surface area contributed by atoms with E-state index in [0.717, 1.165) is 25.8 Å². The summed E-state index contributed by atoms with van der Waals surface area (Å²) in [5.74, 6) is -0.0372. The van der Waals surface area contributed by atoms with Crippen LogP contribution in [-0.2, 0) is 9.59 Å². The van der Waals surface area contributed by atoms with Crippen molar-refractivity contribution < 1.29 is 14.7 Å². The molecule has 1 saturated carbocycles. The van der Waals surface area contributed by atoms with E-state index in [1.54, 1.807) is 0 Å². The van der Waals surface area contributed by atoms with Gasteiger partial charge in [-0.1, -0.05) is 26.2 Å². The first-order chi connectivity index (χ1) is 9.57. The van der Waals surface area contributed by atoms with E-state index in [4.69, 9.17) is 0 Å². The molecule has 0 aromatic heterocycles. The highest BCUT2D eigenvalue weighted by molar-refractivity contribution is 5.79. The van der Waals surface area contributed by atoms with E-state index in [9.17, 15) is 14.7 Å². The topological polar surface area (TPSA) is 57.6 Å². The van der Waals surface area contributed by atoms with Crippen LogP contribution in [0, 0.1) is 11.3 Å². The number of carboxylic acid groups (broad SMARTS) is 1. The van der Waals surface area contributed by atoms with Crippen LogP contribution in [0.25, 0.3) is 0 Å². The number of carboxylic acids is 1. The number of carbonyl (C=O) groups is 2. The fourth-order valence-corrected chi connectivity index (χ4v) is 3.73. The number of amides is 1. The summed E-state index contributed by atoms with van der Waals surface area (Å²) < 4.78 is 0. The quantitative estimate of drug-likeness (QED) is 0.861. The van der Waals surface area contributed by atoms with Gasteiger partial charge >= 0.3 is 5.97 Å². The second-order valence-electron chi connectivity index (χ2n) is 6.57. The van der Waals surface area contributed by atoms with Crippen LogP contribution in [0.15, 0.2) is 0 Å². The maximum Gasteiger partial charge on any atom is 0.311 e. The number of nitrogens with zero attached hydrogens (tertiary/aromatic N) is 1. The minimum Gasteiger partial charge on any atom is -0.481 e. The highest BCUT2D eigenvalue weighted by atomic mass is 16.4. The lowest BCUT2D eigenvalue weighted by atomic mass is 9.77. The third kappa shape index (κ3) is 3.33. The molecule has 1 atom stereocenters. The van der Waals surface area contributed by atoms with Crippen molar-refractivity contribution in [1.29, 1.82) is 0 Å². The summed E-state index contributed by atoms with van der Waals surface area (Å²) in [4.78, 5) is 25.8. The number of likely N-dealkylation sites (tertiary alicyclic amines) is 1. The Morgan fingerprint density at radius 2 is 1.90 bits per heavy atom. The van der Waals surface area contributed by atoms with Gasteiger partial charge < -0.3 is 10.0 Å². The van der Waals surface area contributed by atoms with Crippen LogP contribution in [0.2, 0.25) is 0 Å². The molecule has 2 aliphatic rings. The van der Waals surface area contributed by atoms with Crippen molar-refractivity contribution >= 4 is 11.9 Å². The lowest BCUT2D eigenvalue weighted by molar-refractivity contribution is -0.155. The molecule has 0 bridgehead atoms. The number of rotatable bonds is 4. The van der Waals surface area contributed by atoms with E-state index in [-0.39, 0.29) is 5.91 Å². The van der Waals surface area contributed by atoms with E-state index < -0.39 is 11.4 Å². The van der Waals surface area contributed by atoms with E-state index >= 15 is 0 Å². The molecular formula is C16H27NO3. The van der Waals surface area contributed by atoms with Crippen LogP contribution in [0.4, 0.5) is 0 Å². The maximum atomic E-state index is 12.4. The molecule has 1 aliphatic heterocycles. The van der Waals surface area contributed by atoms with Gasteiger partial charge in [0.1, 0.15) is 0 Å². The minimum absolute atomic E-state index is 0.177. The summed E-state index contributed by atoms with van der Waals surface area (Å²) in [6, 6.07) is 0. The van der Waals surface area contributed by atoms with E-state index in [2.05, 4.69) is 0 Å². The molecule has 20 heavy (non-hydrogen) atoms. The summed E-state index contributed by atoms with van der Waals surface area (Å²) in [7, 11) is 0. The second kappa shape index (κ2) is 6.59. The smallest absolute Gasteiger partial charge is 0.311 e. The van der Waals surface area contributed by atoms with Crippen LogP contribution in [0.3, 0.4) is 0 Å². The molecule has 1 aliphatic carbocycles. The zero-order valence-electron chi connectivity index (χ0n) is 12.6. The van der Waals surface area contributed by atoms with Gasteiger partial charge in [-0.15, -0.1) is 0 Å². The van der Waals surface area contributed by atoms with Crippen LogP contribution < -0.4 is 0 Å². The SMILES string of the molecule is CCC1(C(=O)O)CCCN(C(=O)CC2CCCCC2)C1.